The van der Waals surface area contributed by atoms with Gasteiger partial charge < -0.3 is 4.98 Å². The van der Waals surface area contributed by atoms with Gasteiger partial charge in [-0.3, -0.25) is 0 Å². The van der Waals surface area contributed by atoms with E-state index in [4.69, 9.17) is 0 Å². The van der Waals surface area contributed by atoms with E-state index in [0.717, 1.165) is 22.9 Å². The normalized spacial score (nSPS) is 20.4. The fourth-order valence-electron chi connectivity index (χ4n) is 2.59. The van der Waals surface area contributed by atoms with Gasteiger partial charge in [0, 0.05) is 11.0 Å². The molecule has 0 radical (unpaired) electrons. The van der Waals surface area contributed by atoms with E-state index in [9.17, 15) is 8.42 Å². The number of rotatable bonds is 3. The smallest absolute Gasteiger partial charge is 0.260 e. The van der Waals surface area contributed by atoms with Crippen molar-refractivity contribution in [1.82, 2.24) is 14.3 Å². The van der Waals surface area contributed by atoms with Crippen molar-refractivity contribution in [2.75, 3.05) is 6.54 Å². The van der Waals surface area contributed by atoms with E-state index in [0.29, 0.717) is 6.54 Å². The Labute approximate surface area is 126 Å². The molecule has 2 heterocycles. The van der Waals surface area contributed by atoms with E-state index in [1.54, 1.807) is 4.31 Å². The molecule has 20 heavy (non-hydrogen) atoms. The van der Waals surface area contributed by atoms with Crippen molar-refractivity contribution in [3.05, 3.63) is 46.8 Å². The third-order valence-corrected chi connectivity index (χ3v) is 5.82. The summed E-state index contributed by atoms with van der Waals surface area (Å²) in [5.74, 6) is 0. The van der Waals surface area contributed by atoms with E-state index >= 15 is 0 Å². The van der Waals surface area contributed by atoms with Crippen LogP contribution in [0.5, 0.6) is 0 Å². The molecule has 1 aliphatic rings. The molecule has 0 aliphatic carbocycles. The highest BCUT2D eigenvalue weighted by Gasteiger charge is 2.36. The van der Waals surface area contributed by atoms with Crippen LogP contribution in [0.4, 0.5) is 0 Å². The van der Waals surface area contributed by atoms with Crippen molar-refractivity contribution in [3.63, 3.8) is 0 Å². The van der Waals surface area contributed by atoms with Crippen LogP contribution in [0.3, 0.4) is 0 Å². The number of halogens is 1. The van der Waals surface area contributed by atoms with Crippen molar-refractivity contribution in [2.45, 2.75) is 23.9 Å². The van der Waals surface area contributed by atoms with Gasteiger partial charge in [-0.25, -0.2) is 13.4 Å². The molecular formula is C13H14BrN3O2S. The first kappa shape index (κ1) is 13.8. The van der Waals surface area contributed by atoms with Gasteiger partial charge in [0.2, 0.25) is 0 Å². The maximum atomic E-state index is 12.6. The summed E-state index contributed by atoms with van der Waals surface area (Å²) in [6, 6.07) is 7.70. The molecule has 1 unspecified atom stereocenters. The molecule has 0 saturated carbocycles. The highest BCUT2D eigenvalue weighted by Crippen LogP contribution is 2.36. The van der Waals surface area contributed by atoms with Crippen LogP contribution in [-0.4, -0.2) is 29.2 Å². The third-order valence-electron chi connectivity index (χ3n) is 3.50. The quantitative estimate of drug-likeness (QED) is 0.920. The first-order chi connectivity index (χ1) is 9.59. The molecule has 0 spiro atoms. The second-order valence-corrected chi connectivity index (χ2v) is 7.52. The largest absolute Gasteiger partial charge is 0.335 e. The molecule has 1 N–H and O–H groups in total. The molecular weight excluding hydrogens is 342 g/mol. The van der Waals surface area contributed by atoms with Crippen LogP contribution in [0, 0.1) is 0 Å². The average Bonchev–Trinajstić information content (AvgIpc) is 3.11. The lowest BCUT2D eigenvalue weighted by Crippen LogP contribution is -2.30. The first-order valence-corrected chi connectivity index (χ1v) is 8.58. The minimum absolute atomic E-state index is 0.110. The van der Waals surface area contributed by atoms with Crippen LogP contribution in [-0.2, 0) is 10.0 Å². The molecule has 1 fully saturated rings. The highest BCUT2D eigenvalue weighted by atomic mass is 79.9. The molecule has 1 aromatic heterocycles. The number of benzene rings is 1. The van der Waals surface area contributed by atoms with Crippen molar-refractivity contribution in [2.24, 2.45) is 0 Å². The zero-order chi connectivity index (χ0) is 14.2. The van der Waals surface area contributed by atoms with Gasteiger partial charge in [-0.1, -0.05) is 28.1 Å². The van der Waals surface area contributed by atoms with Crippen molar-refractivity contribution in [3.8, 4) is 0 Å². The lowest BCUT2D eigenvalue weighted by atomic mass is 10.1. The number of hydrogen-bond acceptors (Lipinski definition) is 3. The predicted molar refractivity (Wildman–Crippen MR) is 78.6 cm³/mol. The molecule has 5 nitrogen and oxygen atoms in total. The summed E-state index contributed by atoms with van der Waals surface area (Å²) in [4.78, 5) is 6.49. The number of aromatic nitrogens is 2. The van der Waals surface area contributed by atoms with Gasteiger partial charge in [0.15, 0.2) is 5.03 Å². The zero-order valence-corrected chi connectivity index (χ0v) is 13.1. The zero-order valence-electron chi connectivity index (χ0n) is 10.7. The monoisotopic (exact) mass is 355 g/mol. The Bertz CT molecular complexity index is 700. The maximum Gasteiger partial charge on any atom is 0.260 e. The Morgan fingerprint density at radius 2 is 2.25 bits per heavy atom. The number of nitrogens with zero attached hydrogens (tertiary/aromatic N) is 2. The summed E-state index contributed by atoms with van der Waals surface area (Å²) in [7, 11) is -3.51. The summed E-state index contributed by atoms with van der Waals surface area (Å²) in [5, 5.41) is 0.152. The topological polar surface area (TPSA) is 66.1 Å². The number of H-pyrrole nitrogens is 1. The third kappa shape index (κ3) is 2.41. The summed E-state index contributed by atoms with van der Waals surface area (Å²) in [6.07, 6.45) is 4.44. The molecule has 3 rings (SSSR count). The first-order valence-electron chi connectivity index (χ1n) is 6.35. The van der Waals surface area contributed by atoms with Gasteiger partial charge >= 0.3 is 0 Å². The lowest BCUT2D eigenvalue weighted by molar-refractivity contribution is 0.395. The van der Waals surface area contributed by atoms with Gasteiger partial charge in [0.05, 0.1) is 18.6 Å². The van der Waals surface area contributed by atoms with Gasteiger partial charge in [-0.15, -0.1) is 0 Å². The Kier molecular flexibility index (Phi) is 3.66. The van der Waals surface area contributed by atoms with Gasteiger partial charge in [0.1, 0.15) is 0 Å². The summed E-state index contributed by atoms with van der Waals surface area (Å²) in [6.45, 7) is 0.540. The molecule has 1 aromatic carbocycles. The summed E-state index contributed by atoms with van der Waals surface area (Å²) in [5.41, 5.74) is 1.01. The van der Waals surface area contributed by atoms with E-state index in [2.05, 4.69) is 25.9 Å². The van der Waals surface area contributed by atoms with Crippen LogP contribution in [0.15, 0.2) is 46.3 Å². The molecule has 1 atom stereocenters. The van der Waals surface area contributed by atoms with Crippen molar-refractivity contribution < 1.29 is 8.42 Å². The Morgan fingerprint density at radius 1 is 1.40 bits per heavy atom. The van der Waals surface area contributed by atoms with Crippen molar-refractivity contribution >= 4 is 26.0 Å². The van der Waals surface area contributed by atoms with Gasteiger partial charge in [-0.05, 0) is 30.5 Å². The van der Waals surface area contributed by atoms with E-state index < -0.39 is 10.0 Å². The van der Waals surface area contributed by atoms with Gasteiger partial charge in [-0.2, -0.15) is 4.31 Å². The molecule has 7 heteroatoms. The fraction of sp³-hybridized carbons (Fsp3) is 0.308. The second-order valence-electron chi connectivity index (χ2n) is 4.74. The van der Waals surface area contributed by atoms with Crippen LogP contribution in [0.25, 0.3) is 0 Å². The summed E-state index contributed by atoms with van der Waals surface area (Å²) >= 11 is 3.43. The number of aromatic amines is 1. The summed E-state index contributed by atoms with van der Waals surface area (Å²) < 4.78 is 27.7. The van der Waals surface area contributed by atoms with Crippen molar-refractivity contribution in [1.29, 1.82) is 0 Å². The molecule has 1 aliphatic heterocycles. The van der Waals surface area contributed by atoms with Crippen LogP contribution in [0.2, 0.25) is 0 Å². The maximum absolute atomic E-state index is 12.6. The SMILES string of the molecule is O=S(=O)(c1cnc[nH]1)N1CCCC1c1cccc(Br)c1. The van der Waals surface area contributed by atoms with E-state index in [-0.39, 0.29) is 11.1 Å². The highest BCUT2D eigenvalue weighted by molar-refractivity contribution is 9.10. The van der Waals surface area contributed by atoms with E-state index in [1.807, 2.05) is 24.3 Å². The molecule has 0 bridgehead atoms. The Hall–Kier alpha value is -1.18. The molecule has 1 saturated heterocycles. The minimum Gasteiger partial charge on any atom is -0.335 e. The number of imidazole rings is 1. The Balaban J connectivity index is 1.98. The molecule has 106 valence electrons. The minimum atomic E-state index is -3.51. The van der Waals surface area contributed by atoms with E-state index in [1.165, 1.54) is 12.5 Å². The average molecular weight is 356 g/mol. The van der Waals surface area contributed by atoms with Crippen LogP contribution >= 0.6 is 15.9 Å². The number of sulfonamides is 1. The fourth-order valence-corrected chi connectivity index (χ4v) is 4.58. The number of hydrogen-bond donors (Lipinski definition) is 1. The standard InChI is InChI=1S/C13H14BrN3O2S/c14-11-4-1-3-10(7-11)12-5-2-6-17(12)20(18,19)13-8-15-9-16-13/h1,3-4,7-9,12H,2,5-6H2,(H,15,16). The molecule has 0 amide bonds. The second kappa shape index (κ2) is 5.31. The van der Waals surface area contributed by atoms with Crippen LogP contribution < -0.4 is 0 Å². The number of nitrogens with one attached hydrogen (secondary N) is 1. The Morgan fingerprint density at radius 3 is 2.95 bits per heavy atom. The molecule has 2 aromatic rings. The predicted octanol–water partition coefficient (Wildman–Crippen LogP) is 2.70. The van der Waals surface area contributed by atoms with Gasteiger partial charge in [0.25, 0.3) is 10.0 Å². The van der Waals surface area contributed by atoms with Crippen LogP contribution in [0.1, 0.15) is 24.4 Å². The lowest BCUT2D eigenvalue weighted by Gasteiger charge is -2.23.